The third-order valence-corrected chi connectivity index (χ3v) is 4.55. The van der Waals surface area contributed by atoms with Crippen molar-refractivity contribution in [2.45, 2.75) is 44.9 Å². The number of Topliss-reactive ketones (excluding diaryl/α,β-unsaturated/α-hetero) is 1. The molecule has 5 heteroatoms. The zero-order chi connectivity index (χ0) is 15.2. The van der Waals surface area contributed by atoms with E-state index in [1.807, 2.05) is 20.8 Å². The monoisotopic (exact) mass is 298 g/mol. The van der Waals surface area contributed by atoms with Crippen molar-refractivity contribution in [3.63, 3.8) is 0 Å². The van der Waals surface area contributed by atoms with Crippen molar-refractivity contribution >= 4 is 15.9 Å². The Morgan fingerprint density at radius 3 is 2.40 bits per heavy atom. The maximum Gasteiger partial charge on any atom is 0.296 e. The van der Waals surface area contributed by atoms with Crippen LogP contribution in [0, 0.1) is 12.8 Å². The van der Waals surface area contributed by atoms with Crippen LogP contribution in [0.25, 0.3) is 0 Å². The molecule has 0 fully saturated rings. The number of carbonyl (C=O) groups is 1. The average Bonchev–Trinajstić information content (AvgIpc) is 2.43. The normalized spacial score (nSPS) is 13.2. The fourth-order valence-corrected chi connectivity index (χ4v) is 2.78. The molecule has 0 radical (unpaired) electrons. The lowest BCUT2D eigenvalue weighted by molar-refractivity contribution is -0.122. The highest BCUT2D eigenvalue weighted by atomic mass is 32.2. The highest BCUT2D eigenvalue weighted by molar-refractivity contribution is 7.86. The molecule has 1 aromatic rings. The number of hydrogen-bond acceptors (Lipinski definition) is 4. The Bertz CT molecular complexity index is 531. The second-order valence-electron chi connectivity index (χ2n) is 4.95. The first-order valence-corrected chi connectivity index (χ1v) is 8.26. The molecule has 0 saturated carbocycles. The number of ketones is 1. The van der Waals surface area contributed by atoms with Gasteiger partial charge < -0.3 is 0 Å². The van der Waals surface area contributed by atoms with Gasteiger partial charge in [-0.15, -0.1) is 0 Å². The third kappa shape index (κ3) is 5.06. The van der Waals surface area contributed by atoms with Gasteiger partial charge in [0.15, 0.2) is 0 Å². The maximum atomic E-state index is 11.9. The zero-order valence-corrected chi connectivity index (χ0v) is 13.1. The smallest absolute Gasteiger partial charge is 0.296 e. The molecule has 1 aromatic carbocycles. The summed E-state index contributed by atoms with van der Waals surface area (Å²) in [7, 11) is -3.69. The van der Waals surface area contributed by atoms with E-state index in [9.17, 15) is 13.2 Å². The van der Waals surface area contributed by atoms with Crippen LogP contribution in [0.15, 0.2) is 29.2 Å². The molecule has 1 atom stereocenters. The topological polar surface area (TPSA) is 60.4 Å². The molecule has 0 saturated heterocycles. The Morgan fingerprint density at radius 2 is 1.85 bits per heavy atom. The fraction of sp³-hybridized carbons (Fsp3) is 0.533. The lowest BCUT2D eigenvalue weighted by Crippen LogP contribution is -2.12. The molecule has 0 heterocycles. The SMILES string of the molecule is CCC(=O)[C@H](C)CCCOS(=O)(=O)c1ccc(C)cc1. The second-order valence-corrected chi connectivity index (χ2v) is 6.57. The van der Waals surface area contributed by atoms with Gasteiger partial charge in [0.2, 0.25) is 0 Å². The Hall–Kier alpha value is -1.20. The molecule has 0 N–H and O–H groups in total. The van der Waals surface area contributed by atoms with Crippen LogP contribution in [0.4, 0.5) is 0 Å². The summed E-state index contributed by atoms with van der Waals surface area (Å²) in [5, 5.41) is 0. The standard InChI is InChI=1S/C15H22O4S/c1-4-15(16)13(3)6-5-11-19-20(17,18)14-9-7-12(2)8-10-14/h7-10,13H,4-6,11H2,1-3H3/t13-/m1/s1. The molecule has 4 nitrogen and oxygen atoms in total. The summed E-state index contributed by atoms with van der Waals surface area (Å²) >= 11 is 0. The predicted octanol–water partition coefficient (Wildman–Crippen LogP) is 3.10. The first-order chi connectivity index (χ1) is 9.36. The summed E-state index contributed by atoms with van der Waals surface area (Å²) in [4.78, 5) is 11.6. The lowest BCUT2D eigenvalue weighted by atomic mass is 9.99. The quantitative estimate of drug-likeness (QED) is 0.546. The van der Waals surface area contributed by atoms with E-state index in [1.54, 1.807) is 12.1 Å². The van der Waals surface area contributed by atoms with Crippen molar-refractivity contribution in [1.82, 2.24) is 0 Å². The Balaban J connectivity index is 2.45. The maximum absolute atomic E-state index is 11.9. The van der Waals surface area contributed by atoms with Crippen molar-refractivity contribution in [2.75, 3.05) is 6.61 Å². The summed E-state index contributed by atoms with van der Waals surface area (Å²) in [5.74, 6) is 0.164. The number of benzene rings is 1. The Labute approximate surface area is 121 Å². The van der Waals surface area contributed by atoms with Crippen LogP contribution in [0.2, 0.25) is 0 Å². The van der Waals surface area contributed by atoms with Crippen LogP contribution >= 0.6 is 0 Å². The van der Waals surface area contributed by atoms with Crippen molar-refractivity contribution in [3.8, 4) is 0 Å². The highest BCUT2D eigenvalue weighted by Gasteiger charge is 2.15. The molecule has 20 heavy (non-hydrogen) atoms. The van der Waals surface area contributed by atoms with Gasteiger partial charge in [-0.1, -0.05) is 31.5 Å². The molecule has 1 rings (SSSR count). The van der Waals surface area contributed by atoms with Gasteiger partial charge in [-0.05, 0) is 31.9 Å². The van der Waals surface area contributed by atoms with Crippen LogP contribution in [-0.2, 0) is 19.1 Å². The van der Waals surface area contributed by atoms with Gasteiger partial charge in [0, 0.05) is 12.3 Å². The first-order valence-electron chi connectivity index (χ1n) is 6.85. The largest absolute Gasteiger partial charge is 0.299 e. The third-order valence-electron chi connectivity index (χ3n) is 3.23. The average molecular weight is 298 g/mol. The number of carbonyl (C=O) groups excluding carboxylic acids is 1. The molecule has 112 valence electrons. The van der Waals surface area contributed by atoms with E-state index >= 15 is 0 Å². The zero-order valence-electron chi connectivity index (χ0n) is 12.3. The molecule has 0 aromatic heterocycles. The second kappa shape index (κ2) is 7.55. The van der Waals surface area contributed by atoms with E-state index in [4.69, 9.17) is 4.18 Å². The van der Waals surface area contributed by atoms with Gasteiger partial charge in [0.25, 0.3) is 10.1 Å². The van der Waals surface area contributed by atoms with Crippen molar-refractivity contribution in [3.05, 3.63) is 29.8 Å². The Morgan fingerprint density at radius 1 is 1.25 bits per heavy atom. The van der Waals surface area contributed by atoms with Crippen LogP contribution < -0.4 is 0 Å². The van der Waals surface area contributed by atoms with E-state index < -0.39 is 10.1 Å². The van der Waals surface area contributed by atoms with Gasteiger partial charge in [0.05, 0.1) is 11.5 Å². The van der Waals surface area contributed by atoms with Crippen LogP contribution in [0.3, 0.4) is 0 Å². The van der Waals surface area contributed by atoms with Gasteiger partial charge in [-0.25, -0.2) is 0 Å². The van der Waals surface area contributed by atoms with Crippen molar-refractivity contribution in [2.24, 2.45) is 5.92 Å². The van der Waals surface area contributed by atoms with Crippen LogP contribution in [0.1, 0.15) is 38.7 Å². The minimum atomic E-state index is -3.69. The summed E-state index contributed by atoms with van der Waals surface area (Å²) < 4.78 is 28.8. The molecule has 0 aliphatic heterocycles. The summed E-state index contributed by atoms with van der Waals surface area (Å²) in [6.45, 7) is 5.69. The van der Waals surface area contributed by atoms with Gasteiger partial charge in [-0.2, -0.15) is 8.42 Å². The van der Waals surface area contributed by atoms with E-state index in [1.165, 1.54) is 12.1 Å². The summed E-state index contributed by atoms with van der Waals surface area (Å²) in [5.41, 5.74) is 0.996. The van der Waals surface area contributed by atoms with E-state index in [2.05, 4.69) is 0 Å². The van der Waals surface area contributed by atoms with E-state index in [0.29, 0.717) is 19.3 Å². The van der Waals surface area contributed by atoms with Crippen molar-refractivity contribution < 1.29 is 17.4 Å². The van der Waals surface area contributed by atoms with Crippen LogP contribution in [-0.4, -0.2) is 20.8 Å². The molecule has 0 aliphatic rings. The van der Waals surface area contributed by atoms with Gasteiger partial charge >= 0.3 is 0 Å². The van der Waals surface area contributed by atoms with E-state index in [-0.39, 0.29) is 23.2 Å². The molecule has 0 unspecified atom stereocenters. The first kappa shape index (κ1) is 16.9. The number of aryl methyl sites for hydroxylation is 1. The fourth-order valence-electron chi connectivity index (χ4n) is 1.84. The molecular formula is C15H22O4S. The summed E-state index contributed by atoms with van der Waals surface area (Å²) in [6, 6.07) is 6.54. The number of hydrogen-bond donors (Lipinski definition) is 0. The van der Waals surface area contributed by atoms with Gasteiger partial charge in [-0.3, -0.25) is 8.98 Å². The number of rotatable bonds is 8. The van der Waals surface area contributed by atoms with Crippen molar-refractivity contribution in [1.29, 1.82) is 0 Å². The highest BCUT2D eigenvalue weighted by Crippen LogP contribution is 2.15. The van der Waals surface area contributed by atoms with Crippen LogP contribution in [0.5, 0.6) is 0 Å². The lowest BCUT2D eigenvalue weighted by Gasteiger charge is -2.09. The molecule has 0 bridgehead atoms. The predicted molar refractivity (Wildman–Crippen MR) is 78.0 cm³/mol. The Kier molecular flexibility index (Phi) is 6.36. The molecule has 0 aliphatic carbocycles. The minimum Gasteiger partial charge on any atom is -0.299 e. The molecular weight excluding hydrogens is 276 g/mol. The molecule has 0 amide bonds. The molecule has 0 spiro atoms. The summed E-state index contributed by atoms with van der Waals surface area (Å²) in [6.07, 6.45) is 1.72. The minimum absolute atomic E-state index is 0.0364. The van der Waals surface area contributed by atoms with E-state index in [0.717, 1.165) is 5.56 Å². The van der Waals surface area contributed by atoms with Gasteiger partial charge in [0.1, 0.15) is 5.78 Å².